The molecule has 0 aliphatic heterocycles. The van der Waals surface area contributed by atoms with Crippen molar-refractivity contribution in [1.29, 1.82) is 0 Å². The Bertz CT molecular complexity index is 642. The molecule has 1 aromatic carbocycles. The van der Waals surface area contributed by atoms with Crippen LogP contribution >= 0.6 is 0 Å². The van der Waals surface area contributed by atoms with E-state index in [1.54, 1.807) is 32.9 Å². The van der Waals surface area contributed by atoms with Crippen LogP contribution in [0.25, 0.3) is 0 Å². The van der Waals surface area contributed by atoms with Crippen LogP contribution in [0, 0.1) is 0 Å². The second kappa shape index (κ2) is 6.94. The predicted octanol–water partition coefficient (Wildman–Crippen LogP) is 4.38. The molecule has 1 amide bonds. The summed E-state index contributed by atoms with van der Waals surface area (Å²) in [7, 11) is 0. The Kier molecular flexibility index (Phi) is 5.30. The highest BCUT2D eigenvalue weighted by molar-refractivity contribution is 5.69. The number of amides is 1. The maximum atomic E-state index is 11.9. The molecule has 2 atom stereocenters. The van der Waals surface area contributed by atoms with Gasteiger partial charge in [-0.15, -0.1) is 0 Å². The Hall–Kier alpha value is -2.24. The lowest BCUT2D eigenvalue weighted by atomic mass is 10.1. The Morgan fingerprint density at radius 1 is 1.00 bits per heavy atom. The minimum absolute atomic E-state index is 0.0294. The molecule has 0 heterocycles. The SMILES string of the molecule is CC(C)(C)OC(=O)N[C@@H]1C[C@H]1c1ccccc1OC(=O)OC(C)(C)C. The number of hydrogen-bond acceptors (Lipinski definition) is 5. The molecule has 1 aliphatic rings. The van der Waals surface area contributed by atoms with Crippen molar-refractivity contribution in [3.05, 3.63) is 29.8 Å². The lowest BCUT2D eigenvalue weighted by molar-refractivity contribution is 0.0203. The van der Waals surface area contributed by atoms with Gasteiger partial charge in [0, 0.05) is 17.5 Å². The van der Waals surface area contributed by atoms with Gasteiger partial charge in [-0.05, 0) is 54.0 Å². The zero-order valence-electron chi connectivity index (χ0n) is 15.7. The lowest BCUT2D eigenvalue weighted by Crippen LogP contribution is -2.34. The maximum absolute atomic E-state index is 11.9. The maximum Gasteiger partial charge on any atom is 0.514 e. The van der Waals surface area contributed by atoms with Crippen molar-refractivity contribution in [2.75, 3.05) is 0 Å². The molecule has 1 fully saturated rings. The van der Waals surface area contributed by atoms with E-state index in [0.717, 1.165) is 12.0 Å². The first-order chi connectivity index (χ1) is 11.4. The molecule has 0 unspecified atom stereocenters. The van der Waals surface area contributed by atoms with Gasteiger partial charge >= 0.3 is 12.2 Å². The molecule has 0 radical (unpaired) electrons. The predicted molar refractivity (Wildman–Crippen MR) is 93.8 cm³/mol. The highest BCUT2D eigenvalue weighted by Gasteiger charge is 2.42. The van der Waals surface area contributed by atoms with Crippen LogP contribution in [0.1, 0.15) is 59.4 Å². The van der Waals surface area contributed by atoms with Gasteiger partial charge in [0.2, 0.25) is 0 Å². The summed E-state index contributed by atoms with van der Waals surface area (Å²) < 4.78 is 15.8. The Morgan fingerprint density at radius 2 is 1.60 bits per heavy atom. The second-order valence-corrected chi connectivity index (χ2v) is 8.20. The Morgan fingerprint density at radius 3 is 2.20 bits per heavy atom. The minimum Gasteiger partial charge on any atom is -0.444 e. The monoisotopic (exact) mass is 349 g/mol. The molecule has 138 valence electrons. The molecule has 25 heavy (non-hydrogen) atoms. The average Bonchev–Trinajstić information content (AvgIpc) is 3.13. The Balaban J connectivity index is 1.98. The second-order valence-electron chi connectivity index (χ2n) is 8.20. The summed E-state index contributed by atoms with van der Waals surface area (Å²) >= 11 is 0. The number of para-hydroxylation sites is 1. The van der Waals surface area contributed by atoms with Crippen LogP contribution in [-0.4, -0.2) is 29.5 Å². The van der Waals surface area contributed by atoms with Crippen LogP contribution in [0.15, 0.2) is 24.3 Å². The van der Waals surface area contributed by atoms with E-state index < -0.39 is 23.5 Å². The van der Waals surface area contributed by atoms with Gasteiger partial charge in [-0.3, -0.25) is 0 Å². The van der Waals surface area contributed by atoms with Gasteiger partial charge in [-0.25, -0.2) is 9.59 Å². The largest absolute Gasteiger partial charge is 0.514 e. The van der Waals surface area contributed by atoms with Crippen LogP contribution < -0.4 is 10.1 Å². The topological polar surface area (TPSA) is 73.9 Å². The third kappa shape index (κ3) is 6.29. The van der Waals surface area contributed by atoms with Gasteiger partial charge in [0.05, 0.1) is 0 Å². The molecule has 0 spiro atoms. The molecule has 1 N–H and O–H groups in total. The fourth-order valence-electron chi connectivity index (χ4n) is 2.40. The van der Waals surface area contributed by atoms with E-state index in [4.69, 9.17) is 14.2 Å². The van der Waals surface area contributed by atoms with Crippen molar-refractivity contribution in [2.45, 2.75) is 71.1 Å². The first kappa shape index (κ1) is 19.1. The third-order valence-electron chi connectivity index (χ3n) is 3.39. The van der Waals surface area contributed by atoms with Crippen LogP contribution in [0.3, 0.4) is 0 Å². The summed E-state index contributed by atoms with van der Waals surface area (Å²) in [4.78, 5) is 23.8. The zero-order chi connectivity index (χ0) is 18.8. The Labute approximate surface area is 148 Å². The summed E-state index contributed by atoms with van der Waals surface area (Å²) in [5, 5.41) is 2.84. The number of carbonyl (C=O) groups excluding carboxylic acids is 2. The van der Waals surface area contributed by atoms with Crippen molar-refractivity contribution in [2.24, 2.45) is 0 Å². The highest BCUT2D eigenvalue weighted by Crippen LogP contribution is 2.44. The van der Waals surface area contributed by atoms with E-state index in [-0.39, 0.29) is 12.0 Å². The van der Waals surface area contributed by atoms with E-state index in [1.807, 2.05) is 32.9 Å². The summed E-state index contributed by atoms with van der Waals surface area (Å²) in [6.07, 6.45) is -0.406. The number of hydrogen-bond donors (Lipinski definition) is 1. The van der Waals surface area contributed by atoms with E-state index in [2.05, 4.69) is 5.32 Å². The minimum atomic E-state index is -0.739. The molecule has 1 aromatic rings. The van der Waals surface area contributed by atoms with Gasteiger partial charge in [0.25, 0.3) is 0 Å². The van der Waals surface area contributed by atoms with Gasteiger partial charge < -0.3 is 19.5 Å². The molecule has 0 saturated heterocycles. The number of alkyl carbamates (subject to hydrolysis) is 1. The average molecular weight is 349 g/mol. The highest BCUT2D eigenvalue weighted by atomic mass is 16.7. The number of nitrogens with one attached hydrogen (secondary N) is 1. The number of benzene rings is 1. The molecule has 6 nitrogen and oxygen atoms in total. The summed E-state index contributed by atoms with van der Waals surface area (Å²) in [6, 6.07) is 7.25. The zero-order valence-corrected chi connectivity index (χ0v) is 15.7. The van der Waals surface area contributed by atoms with Gasteiger partial charge in [-0.1, -0.05) is 18.2 Å². The van der Waals surface area contributed by atoms with Gasteiger partial charge in [-0.2, -0.15) is 0 Å². The molecule has 0 aromatic heterocycles. The molecule has 6 heteroatoms. The van der Waals surface area contributed by atoms with Crippen LogP contribution in [-0.2, 0) is 9.47 Å². The summed E-state index contributed by atoms with van der Waals surface area (Å²) in [5.41, 5.74) is -0.284. The fourth-order valence-corrected chi connectivity index (χ4v) is 2.40. The molecular weight excluding hydrogens is 322 g/mol. The van der Waals surface area contributed by atoms with Crippen molar-refractivity contribution < 1.29 is 23.8 Å². The van der Waals surface area contributed by atoms with Crippen LogP contribution in [0.2, 0.25) is 0 Å². The van der Waals surface area contributed by atoms with Crippen molar-refractivity contribution in [3.63, 3.8) is 0 Å². The molecular formula is C19H27NO5. The summed E-state index contributed by atoms with van der Waals surface area (Å²) in [5.74, 6) is 0.543. The molecule has 1 saturated carbocycles. The molecule has 0 bridgehead atoms. The quantitative estimate of drug-likeness (QED) is 0.647. The first-order valence-corrected chi connectivity index (χ1v) is 8.44. The van der Waals surface area contributed by atoms with Crippen molar-refractivity contribution >= 4 is 12.2 Å². The van der Waals surface area contributed by atoms with Gasteiger partial charge in [0.1, 0.15) is 17.0 Å². The van der Waals surface area contributed by atoms with E-state index in [1.165, 1.54) is 0 Å². The van der Waals surface area contributed by atoms with Crippen LogP contribution in [0.5, 0.6) is 5.75 Å². The third-order valence-corrected chi connectivity index (χ3v) is 3.39. The fraction of sp³-hybridized carbons (Fsp3) is 0.579. The van der Waals surface area contributed by atoms with Gasteiger partial charge in [0.15, 0.2) is 0 Å². The first-order valence-electron chi connectivity index (χ1n) is 8.44. The summed E-state index contributed by atoms with van der Waals surface area (Å²) in [6.45, 7) is 10.8. The van der Waals surface area contributed by atoms with Crippen LogP contribution in [0.4, 0.5) is 9.59 Å². The van der Waals surface area contributed by atoms with E-state index >= 15 is 0 Å². The lowest BCUT2D eigenvalue weighted by Gasteiger charge is -2.20. The smallest absolute Gasteiger partial charge is 0.444 e. The molecule has 2 rings (SSSR count). The number of carbonyl (C=O) groups is 2. The normalized spacial score (nSPS) is 19.8. The molecule has 1 aliphatic carbocycles. The van der Waals surface area contributed by atoms with Crippen molar-refractivity contribution in [1.82, 2.24) is 5.32 Å². The van der Waals surface area contributed by atoms with Crippen molar-refractivity contribution in [3.8, 4) is 5.75 Å². The van der Waals surface area contributed by atoms with E-state index in [0.29, 0.717) is 5.75 Å². The standard InChI is InChI=1S/C19H27NO5/c1-18(2,3)24-16(21)20-14-11-13(14)12-9-7-8-10-15(12)23-17(22)25-19(4,5)6/h7-10,13-14H,11H2,1-6H3,(H,20,21)/t13-,14+/m0/s1. The number of ether oxygens (including phenoxy) is 3. The van der Waals surface area contributed by atoms with E-state index in [9.17, 15) is 9.59 Å². The number of rotatable bonds is 3.